The third-order valence-corrected chi connectivity index (χ3v) is 4.59. The summed E-state index contributed by atoms with van der Waals surface area (Å²) in [6.45, 7) is 12.0. The number of hydrogen-bond acceptors (Lipinski definition) is 7. The number of piperazine rings is 1. The van der Waals surface area contributed by atoms with E-state index in [0.29, 0.717) is 25.5 Å². The Morgan fingerprint density at radius 1 is 1.09 bits per heavy atom. The number of aryl methyl sites for hydroxylation is 1. The van der Waals surface area contributed by atoms with E-state index < -0.39 is 29.4 Å². The van der Waals surface area contributed by atoms with Crippen LogP contribution in [0.1, 0.15) is 48.0 Å². The summed E-state index contributed by atoms with van der Waals surface area (Å²) in [6, 6.07) is -0.885. The van der Waals surface area contributed by atoms with Gasteiger partial charge in [0.2, 0.25) is 5.91 Å². The van der Waals surface area contributed by atoms with Crippen molar-refractivity contribution in [2.24, 2.45) is 0 Å². The van der Waals surface area contributed by atoms with Gasteiger partial charge in [0.25, 0.3) is 0 Å². The van der Waals surface area contributed by atoms with Gasteiger partial charge in [-0.1, -0.05) is 0 Å². The van der Waals surface area contributed by atoms with E-state index in [1.54, 1.807) is 58.5 Å². The van der Waals surface area contributed by atoms with E-state index in [4.69, 9.17) is 15.2 Å². The number of nitrogens with zero attached hydrogens (tertiary/aromatic N) is 4. The summed E-state index contributed by atoms with van der Waals surface area (Å²) >= 11 is 0. The van der Waals surface area contributed by atoms with Crippen molar-refractivity contribution >= 4 is 24.0 Å². The molecule has 3 N–H and O–H groups in total. The molecule has 3 amide bonds. The summed E-state index contributed by atoms with van der Waals surface area (Å²) < 4.78 is 12.7. The van der Waals surface area contributed by atoms with Gasteiger partial charge < -0.3 is 30.0 Å². The van der Waals surface area contributed by atoms with E-state index in [1.807, 2.05) is 0 Å². The Hall–Kier alpha value is -2.98. The minimum atomic E-state index is -0.885. The molecule has 2 rings (SSSR count). The number of anilines is 1. The molecule has 1 saturated heterocycles. The average Bonchev–Trinajstić information content (AvgIpc) is 3.06. The van der Waals surface area contributed by atoms with Gasteiger partial charge in [0.05, 0.1) is 6.54 Å². The highest BCUT2D eigenvalue weighted by molar-refractivity contribution is 5.87. The molecule has 2 heterocycles. The number of ether oxygens (including phenoxy) is 2. The lowest BCUT2D eigenvalue weighted by Gasteiger charge is -2.41. The molecule has 11 nitrogen and oxygen atoms in total. The molecular weight excluding hydrogens is 416 g/mol. The maximum absolute atomic E-state index is 13.0. The molecule has 1 fully saturated rings. The van der Waals surface area contributed by atoms with Crippen molar-refractivity contribution in [1.29, 1.82) is 0 Å². The van der Waals surface area contributed by atoms with Crippen LogP contribution in [-0.4, -0.2) is 80.9 Å². The monoisotopic (exact) mass is 452 g/mol. The molecule has 1 aromatic heterocycles. The second kappa shape index (κ2) is 10.1. The molecule has 0 spiro atoms. The molecule has 1 atom stereocenters. The largest absolute Gasteiger partial charge is 0.444 e. The van der Waals surface area contributed by atoms with E-state index in [2.05, 4.69) is 10.3 Å². The maximum Gasteiger partial charge on any atom is 0.411 e. The third kappa shape index (κ3) is 7.61. The lowest BCUT2D eigenvalue weighted by atomic mass is 10.1. The Balaban J connectivity index is 2.03. The van der Waals surface area contributed by atoms with E-state index in [-0.39, 0.29) is 25.5 Å². The highest BCUT2D eigenvalue weighted by Gasteiger charge is 2.39. The molecule has 0 saturated carbocycles. The zero-order chi connectivity index (χ0) is 24.1. The fourth-order valence-electron chi connectivity index (χ4n) is 3.15. The molecule has 1 aromatic rings. The topological polar surface area (TPSA) is 132 Å². The first-order valence-corrected chi connectivity index (χ1v) is 10.8. The van der Waals surface area contributed by atoms with Gasteiger partial charge in [-0.05, 0) is 48.0 Å². The average molecular weight is 453 g/mol. The number of nitrogens with one attached hydrogen (secondary N) is 1. The summed E-state index contributed by atoms with van der Waals surface area (Å²) in [5.74, 6) is 0.0513. The van der Waals surface area contributed by atoms with Crippen molar-refractivity contribution in [2.45, 2.75) is 71.8 Å². The van der Waals surface area contributed by atoms with E-state index in [1.165, 1.54) is 9.80 Å². The summed E-state index contributed by atoms with van der Waals surface area (Å²) in [5, 5.41) is 2.85. The van der Waals surface area contributed by atoms with Crippen LogP contribution in [0.15, 0.2) is 12.4 Å². The zero-order valence-electron chi connectivity index (χ0n) is 19.9. The second-order valence-electron chi connectivity index (χ2n) is 9.74. The molecule has 0 radical (unpaired) electrons. The van der Waals surface area contributed by atoms with Crippen molar-refractivity contribution < 1.29 is 23.9 Å². The van der Waals surface area contributed by atoms with Crippen molar-refractivity contribution in [3.05, 3.63) is 12.4 Å². The number of carbonyl (C=O) groups is 3. The van der Waals surface area contributed by atoms with Crippen LogP contribution in [0.4, 0.5) is 15.5 Å². The van der Waals surface area contributed by atoms with Crippen molar-refractivity contribution in [3.8, 4) is 0 Å². The summed E-state index contributed by atoms with van der Waals surface area (Å²) in [6.07, 6.45) is 2.89. The predicted octanol–water partition coefficient (Wildman–Crippen LogP) is 1.83. The Morgan fingerprint density at radius 3 is 2.28 bits per heavy atom. The number of hydrogen-bond donors (Lipinski definition) is 2. The van der Waals surface area contributed by atoms with Crippen LogP contribution in [0.5, 0.6) is 0 Å². The van der Waals surface area contributed by atoms with Crippen molar-refractivity contribution in [3.63, 3.8) is 0 Å². The first kappa shape index (κ1) is 25.3. The zero-order valence-corrected chi connectivity index (χ0v) is 19.9. The Morgan fingerprint density at radius 2 is 1.72 bits per heavy atom. The van der Waals surface area contributed by atoms with Gasteiger partial charge in [-0.3, -0.25) is 9.69 Å². The normalized spacial score (nSPS) is 17.1. The third-order valence-electron chi connectivity index (χ3n) is 4.59. The fourth-order valence-corrected chi connectivity index (χ4v) is 3.15. The molecule has 0 bridgehead atoms. The summed E-state index contributed by atoms with van der Waals surface area (Å²) in [4.78, 5) is 45.0. The van der Waals surface area contributed by atoms with Gasteiger partial charge >= 0.3 is 12.2 Å². The van der Waals surface area contributed by atoms with E-state index in [0.717, 1.165) is 0 Å². The number of nitrogens with two attached hydrogens (primary N) is 1. The molecule has 0 aromatic carbocycles. The van der Waals surface area contributed by atoms with Crippen molar-refractivity contribution in [1.82, 2.24) is 24.7 Å². The first-order chi connectivity index (χ1) is 14.8. The molecule has 1 unspecified atom stereocenters. The second-order valence-corrected chi connectivity index (χ2v) is 9.74. The molecule has 180 valence electrons. The van der Waals surface area contributed by atoms with Crippen LogP contribution in [0.2, 0.25) is 0 Å². The number of aromatic nitrogens is 2. The van der Waals surface area contributed by atoms with Crippen LogP contribution in [0, 0.1) is 0 Å². The molecule has 1 aliphatic heterocycles. The Kier molecular flexibility index (Phi) is 7.97. The molecular formula is C21H36N6O5. The van der Waals surface area contributed by atoms with Gasteiger partial charge in [-0.2, -0.15) is 0 Å². The number of nitrogen functional groups attached to an aromatic ring is 1. The molecule has 11 heteroatoms. The lowest BCUT2D eigenvalue weighted by Crippen LogP contribution is -2.62. The van der Waals surface area contributed by atoms with E-state index in [9.17, 15) is 14.4 Å². The summed E-state index contributed by atoms with van der Waals surface area (Å²) in [7, 11) is 0. The predicted molar refractivity (Wildman–Crippen MR) is 119 cm³/mol. The molecule has 32 heavy (non-hydrogen) atoms. The van der Waals surface area contributed by atoms with Crippen LogP contribution < -0.4 is 11.1 Å². The number of amides is 3. The molecule has 1 aliphatic rings. The lowest BCUT2D eigenvalue weighted by molar-refractivity contribution is -0.128. The number of rotatable bonds is 5. The van der Waals surface area contributed by atoms with Crippen LogP contribution >= 0.6 is 0 Å². The van der Waals surface area contributed by atoms with E-state index >= 15 is 0 Å². The van der Waals surface area contributed by atoms with Gasteiger partial charge in [0, 0.05) is 38.6 Å². The smallest absolute Gasteiger partial charge is 0.411 e. The minimum Gasteiger partial charge on any atom is -0.444 e. The fraction of sp³-hybridized carbons (Fsp3) is 0.714. The highest BCUT2D eigenvalue weighted by atomic mass is 16.6. The van der Waals surface area contributed by atoms with Crippen LogP contribution in [0.25, 0.3) is 0 Å². The number of carbonyl (C=O) groups excluding carboxylic acids is 3. The molecule has 0 aliphatic carbocycles. The Labute approximate surface area is 189 Å². The number of imidazole rings is 1. The highest BCUT2D eigenvalue weighted by Crippen LogP contribution is 2.18. The van der Waals surface area contributed by atoms with Gasteiger partial charge in [0.1, 0.15) is 17.2 Å². The Bertz CT molecular complexity index is 810. The van der Waals surface area contributed by atoms with Gasteiger partial charge in [0.15, 0.2) is 5.95 Å². The minimum absolute atomic E-state index is 0.0223. The van der Waals surface area contributed by atoms with Crippen LogP contribution in [0.3, 0.4) is 0 Å². The van der Waals surface area contributed by atoms with Gasteiger partial charge in [-0.25, -0.2) is 14.6 Å². The summed E-state index contributed by atoms with van der Waals surface area (Å²) in [5.41, 5.74) is 4.38. The van der Waals surface area contributed by atoms with Crippen LogP contribution in [-0.2, 0) is 20.8 Å². The first-order valence-electron chi connectivity index (χ1n) is 10.8. The van der Waals surface area contributed by atoms with Crippen molar-refractivity contribution in [2.75, 3.05) is 31.9 Å². The maximum atomic E-state index is 13.0. The SMILES string of the molecule is CC(C)(C)OC(=O)N1CCN(C(=O)OC(C)(C)C)C(C(=O)NCCCn2ccnc2N)C1. The quantitative estimate of drug-likeness (QED) is 0.651. The standard InChI is InChI=1S/C21H36N6O5/c1-20(2,3)31-18(29)26-12-13-27(19(30)32-21(4,5)6)15(14-26)16(28)23-8-7-10-25-11-9-24-17(25)22/h9,11,15H,7-8,10,12-14H2,1-6H3,(H2,22,24)(H,23,28). The van der Waals surface area contributed by atoms with Gasteiger partial charge in [-0.15, -0.1) is 0 Å².